The molecule has 2 aromatic carbocycles. The van der Waals surface area contributed by atoms with Crippen molar-refractivity contribution in [1.82, 2.24) is 0 Å². The highest BCUT2D eigenvalue weighted by Crippen LogP contribution is 2.35. The van der Waals surface area contributed by atoms with Crippen LogP contribution in [0.2, 0.25) is 0 Å². The fraction of sp³-hybridized carbons (Fsp3) is 0.0769. The van der Waals surface area contributed by atoms with Crippen molar-refractivity contribution >= 4 is 0 Å². The zero-order chi connectivity index (χ0) is 11.0. The summed E-state index contributed by atoms with van der Waals surface area (Å²) in [5, 5.41) is 0. The number of fused-ring (bicyclic) bond motifs is 1. The van der Waals surface area contributed by atoms with Gasteiger partial charge in [-0.15, -0.1) is 0 Å². The summed E-state index contributed by atoms with van der Waals surface area (Å²) >= 11 is 0. The van der Waals surface area contributed by atoms with E-state index in [0.29, 0.717) is 0 Å². The predicted octanol–water partition coefficient (Wildman–Crippen LogP) is 3.22. The van der Waals surface area contributed by atoms with E-state index in [2.05, 4.69) is 0 Å². The highest BCUT2D eigenvalue weighted by atomic mass is 19.1. The molecule has 1 aliphatic rings. The van der Waals surface area contributed by atoms with E-state index in [-0.39, 0.29) is 12.6 Å². The van der Waals surface area contributed by atoms with Crippen molar-refractivity contribution in [3.05, 3.63) is 48.3 Å². The van der Waals surface area contributed by atoms with Crippen LogP contribution in [0.4, 0.5) is 4.39 Å². The van der Waals surface area contributed by atoms with Crippen LogP contribution in [0, 0.1) is 5.82 Å². The highest BCUT2D eigenvalue weighted by molar-refractivity contribution is 5.67. The molecule has 1 aliphatic heterocycles. The molecule has 0 saturated heterocycles. The van der Waals surface area contributed by atoms with Gasteiger partial charge in [0.25, 0.3) is 0 Å². The van der Waals surface area contributed by atoms with E-state index in [1.165, 1.54) is 12.1 Å². The van der Waals surface area contributed by atoms with Crippen molar-refractivity contribution in [2.75, 3.05) is 6.79 Å². The van der Waals surface area contributed by atoms with E-state index in [9.17, 15) is 4.39 Å². The smallest absolute Gasteiger partial charge is 0.231 e. The van der Waals surface area contributed by atoms with Gasteiger partial charge in [0.15, 0.2) is 11.5 Å². The molecule has 0 atom stereocenters. The summed E-state index contributed by atoms with van der Waals surface area (Å²) in [4.78, 5) is 0. The quantitative estimate of drug-likeness (QED) is 0.728. The summed E-state index contributed by atoms with van der Waals surface area (Å²) in [6.45, 7) is 0.266. The van der Waals surface area contributed by atoms with Crippen molar-refractivity contribution in [3.8, 4) is 22.6 Å². The lowest BCUT2D eigenvalue weighted by molar-refractivity contribution is 0.174. The monoisotopic (exact) mass is 216 g/mol. The molecule has 0 aromatic heterocycles. The predicted molar refractivity (Wildman–Crippen MR) is 58.0 cm³/mol. The highest BCUT2D eigenvalue weighted by Gasteiger charge is 2.13. The maximum Gasteiger partial charge on any atom is 0.231 e. The molecule has 16 heavy (non-hydrogen) atoms. The van der Waals surface area contributed by atoms with Gasteiger partial charge < -0.3 is 9.47 Å². The topological polar surface area (TPSA) is 18.5 Å². The Morgan fingerprint density at radius 1 is 0.812 bits per heavy atom. The zero-order valence-electron chi connectivity index (χ0n) is 8.44. The van der Waals surface area contributed by atoms with Gasteiger partial charge in [-0.05, 0) is 35.4 Å². The molecule has 3 heteroatoms. The number of hydrogen-bond donors (Lipinski definition) is 0. The van der Waals surface area contributed by atoms with E-state index in [4.69, 9.17) is 9.47 Å². The Morgan fingerprint density at radius 2 is 1.50 bits per heavy atom. The van der Waals surface area contributed by atoms with Crippen LogP contribution in [0.25, 0.3) is 11.1 Å². The van der Waals surface area contributed by atoms with Crippen LogP contribution in [0.5, 0.6) is 11.5 Å². The summed E-state index contributed by atoms with van der Waals surface area (Å²) in [7, 11) is 0. The largest absolute Gasteiger partial charge is 0.454 e. The Kier molecular flexibility index (Phi) is 2.03. The molecule has 0 saturated carbocycles. The van der Waals surface area contributed by atoms with Crippen LogP contribution in [0.3, 0.4) is 0 Å². The molecule has 0 radical (unpaired) electrons. The summed E-state index contributed by atoms with van der Waals surface area (Å²) < 4.78 is 23.3. The number of hydrogen-bond acceptors (Lipinski definition) is 2. The van der Waals surface area contributed by atoms with Crippen molar-refractivity contribution < 1.29 is 13.9 Å². The summed E-state index contributed by atoms with van der Waals surface area (Å²) in [6.07, 6.45) is 0. The molecule has 1 heterocycles. The first kappa shape index (κ1) is 9.21. The minimum Gasteiger partial charge on any atom is -0.454 e. The Labute approximate surface area is 92.2 Å². The average Bonchev–Trinajstić information content (AvgIpc) is 2.77. The second-order valence-corrected chi connectivity index (χ2v) is 3.57. The Balaban J connectivity index is 2.03. The van der Waals surface area contributed by atoms with Gasteiger partial charge in [-0.25, -0.2) is 4.39 Å². The van der Waals surface area contributed by atoms with E-state index in [0.717, 1.165) is 22.6 Å². The first-order chi connectivity index (χ1) is 7.83. The van der Waals surface area contributed by atoms with Gasteiger partial charge in [-0.3, -0.25) is 0 Å². The minimum absolute atomic E-state index is 0.232. The van der Waals surface area contributed by atoms with Crippen LogP contribution in [-0.4, -0.2) is 6.79 Å². The second kappa shape index (κ2) is 3.52. The molecule has 2 aromatic rings. The van der Waals surface area contributed by atoms with Crippen molar-refractivity contribution in [1.29, 1.82) is 0 Å². The van der Waals surface area contributed by atoms with Crippen molar-refractivity contribution in [2.45, 2.75) is 0 Å². The third-order valence-corrected chi connectivity index (χ3v) is 2.55. The number of rotatable bonds is 1. The van der Waals surface area contributed by atoms with E-state index in [1.54, 1.807) is 12.1 Å². The van der Waals surface area contributed by atoms with Gasteiger partial charge >= 0.3 is 0 Å². The molecule has 80 valence electrons. The lowest BCUT2D eigenvalue weighted by Gasteiger charge is -2.03. The van der Waals surface area contributed by atoms with E-state index >= 15 is 0 Å². The Hall–Kier alpha value is -2.03. The number of benzene rings is 2. The summed E-state index contributed by atoms with van der Waals surface area (Å²) in [6, 6.07) is 12.1. The first-order valence-electron chi connectivity index (χ1n) is 4.98. The van der Waals surface area contributed by atoms with Crippen molar-refractivity contribution in [3.63, 3.8) is 0 Å². The molecule has 0 bridgehead atoms. The molecule has 0 amide bonds. The average molecular weight is 216 g/mol. The van der Waals surface area contributed by atoms with Crippen LogP contribution < -0.4 is 9.47 Å². The Morgan fingerprint density at radius 3 is 2.31 bits per heavy atom. The first-order valence-corrected chi connectivity index (χ1v) is 4.98. The minimum atomic E-state index is -0.232. The maximum atomic E-state index is 12.8. The molecule has 0 spiro atoms. The molecule has 2 nitrogen and oxygen atoms in total. The molecule has 0 unspecified atom stereocenters. The number of ether oxygens (including phenoxy) is 2. The lowest BCUT2D eigenvalue weighted by atomic mass is 10.1. The molecular formula is C13H9FO2. The summed E-state index contributed by atoms with van der Waals surface area (Å²) in [5.41, 5.74) is 1.95. The van der Waals surface area contributed by atoms with Gasteiger partial charge in [-0.1, -0.05) is 18.2 Å². The second-order valence-electron chi connectivity index (χ2n) is 3.57. The van der Waals surface area contributed by atoms with Crippen LogP contribution in [0.1, 0.15) is 0 Å². The molecule has 0 aliphatic carbocycles. The van der Waals surface area contributed by atoms with Gasteiger partial charge in [0.05, 0.1) is 0 Å². The van der Waals surface area contributed by atoms with E-state index < -0.39 is 0 Å². The standard InChI is InChI=1S/C13H9FO2/c14-11-4-1-9(2-5-11)10-3-6-12-13(7-10)16-8-15-12/h1-7H,8H2. The fourth-order valence-electron chi connectivity index (χ4n) is 1.72. The summed E-state index contributed by atoms with van der Waals surface area (Å²) in [5.74, 6) is 1.26. The van der Waals surface area contributed by atoms with Gasteiger partial charge in [0.1, 0.15) is 5.82 Å². The lowest BCUT2D eigenvalue weighted by Crippen LogP contribution is -1.92. The number of halogens is 1. The molecule has 0 fully saturated rings. The normalized spacial score (nSPS) is 12.8. The molecule has 0 N–H and O–H groups in total. The van der Waals surface area contributed by atoms with Crippen LogP contribution >= 0.6 is 0 Å². The maximum absolute atomic E-state index is 12.8. The SMILES string of the molecule is Fc1ccc(-c2ccc3c(c2)OCO3)cc1. The Bertz CT molecular complexity index is 520. The molecule has 3 rings (SSSR count). The van der Waals surface area contributed by atoms with Crippen LogP contribution in [0.15, 0.2) is 42.5 Å². The third-order valence-electron chi connectivity index (χ3n) is 2.55. The van der Waals surface area contributed by atoms with E-state index in [1.807, 2.05) is 18.2 Å². The fourth-order valence-corrected chi connectivity index (χ4v) is 1.72. The third kappa shape index (κ3) is 1.50. The van der Waals surface area contributed by atoms with Gasteiger partial charge in [0, 0.05) is 0 Å². The zero-order valence-corrected chi connectivity index (χ0v) is 8.44. The van der Waals surface area contributed by atoms with Crippen molar-refractivity contribution in [2.24, 2.45) is 0 Å². The van der Waals surface area contributed by atoms with Crippen LogP contribution in [-0.2, 0) is 0 Å². The van der Waals surface area contributed by atoms with Gasteiger partial charge in [-0.2, -0.15) is 0 Å². The molecular weight excluding hydrogens is 207 g/mol. The van der Waals surface area contributed by atoms with Gasteiger partial charge in [0.2, 0.25) is 6.79 Å².